The zero-order valence-corrected chi connectivity index (χ0v) is 15.2. The summed E-state index contributed by atoms with van der Waals surface area (Å²) in [4.78, 5) is 40.5. The molecular formula is C19H16N4O5. The number of carbonyl (C=O) groups is 1. The van der Waals surface area contributed by atoms with E-state index in [1.165, 1.54) is 23.3 Å². The van der Waals surface area contributed by atoms with Gasteiger partial charge in [0.1, 0.15) is 30.4 Å². The molecule has 4 aromatic rings. The molecule has 0 amide bonds. The molecule has 3 heterocycles. The van der Waals surface area contributed by atoms with Gasteiger partial charge in [0.2, 0.25) is 0 Å². The molecule has 3 aromatic heterocycles. The molecule has 0 aliphatic heterocycles. The summed E-state index contributed by atoms with van der Waals surface area (Å²) in [6.07, 6.45) is 2.69. The molecule has 1 aromatic carbocycles. The van der Waals surface area contributed by atoms with Crippen LogP contribution in [0.15, 0.2) is 50.8 Å². The Morgan fingerprint density at radius 1 is 1.21 bits per heavy atom. The van der Waals surface area contributed by atoms with Gasteiger partial charge in [0.15, 0.2) is 5.65 Å². The lowest BCUT2D eigenvalue weighted by molar-refractivity contribution is -0.145. The summed E-state index contributed by atoms with van der Waals surface area (Å²) in [5.74, 6) is -0.624. The van der Waals surface area contributed by atoms with Crippen LogP contribution < -0.4 is 11.2 Å². The maximum absolute atomic E-state index is 12.4. The summed E-state index contributed by atoms with van der Waals surface area (Å²) in [7, 11) is 1.68. The SMILES string of the molecule is Cc1ccc2c(COC(=O)Cn3cnc4c(cnn4C)c3=O)cc(=O)oc2c1. The van der Waals surface area contributed by atoms with Crippen molar-refractivity contribution in [2.45, 2.75) is 20.1 Å². The van der Waals surface area contributed by atoms with Crippen LogP contribution in [-0.4, -0.2) is 25.3 Å². The van der Waals surface area contributed by atoms with E-state index in [2.05, 4.69) is 10.1 Å². The van der Waals surface area contributed by atoms with Gasteiger partial charge >= 0.3 is 11.6 Å². The standard InChI is InChI=1S/C19H16N4O5/c1-11-3-4-13-12(6-16(24)28-15(13)5-11)9-27-17(25)8-23-10-20-18-14(19(23)26)7-21-22(18)2/h3-7,10H,8-9H2,1-2H3. The van der Waals surface area contributed by atoms with Crippen LogP contribution in [-0.2, 0) is 29.7 Å². The zero-order valence-electron chi connectivity index (χ0n) is 15.2. The van der Waals surface area contributed by atoms with Crippen LogP contribution >= 0.6 is 0 Å². The van der Waals surface area contributed by atoms with E-state index in [4.69, 9.17) is 9.15 Å². The number of benzene rings is 1. The van der Waals surface area contributed by atoms with Crippen molar-refractivity contribution in [1.29, 1.82) is 0 Å². The van der Waals surface area contributed by atoms with Crippen LogP contribution in [0.2, 0.25) is 0 Å². The predicted octanol–water partition coefficient (Wildman–Crippen LogP) is 1.29. The summed E-state index contributed by atoms with van der Waals surface area (Å²) in [6, 6.07) is 6.72. The second-order valence-electron chi connectivity index (χ2n) is 6.43. The quantitative estimate of drug-likeness (QED) is 0.388. The summed E-state index contributed by atoms with van der Waals surface area (Å²) in [6.45, 7) is 1.48. The Morgan fingerprint density at radius 2 is 2.04 bits per heavy atom. The number of fused-ring (bicyclic) bond motifs is 2. The number of nitrogens with zero attached hydrogens (tertiary/aromatic N) is 4. The highest BCUT2D eigenvalue weighted by Gasteiger charge is 2.13. The Bertz CT molecular complexity index is 1330. The Kier molecular flexibility index (Phi) is 4.26. The van der Waals surface area contributed by atoms with E-state index in [1.807, 2.05) is 19.1 Å². The zero-order chi connectivity index (χ0) is 19.8. The number of aromatic nitrogens is 4. The fourth-order valence-corrected chi connectivity index (χ4v) is 2.98. The average molecular weight is 380 g/mol. The fraction of sp³-hybridized carbons (Fsp3) is 0.211. The minimum Gasteiger partial charge on any atom is -0.459 e. The minimum atomic E-state index is -0.624. The van der Waals surface area contributed by atoms with E-state index in [0.717, 1.165) is 10.1 Å². The molecule has 28 heavy (non-hydrogen) atoms. The molecule has 0 saturated heterocycles. The van der Waals surface area contributed by atoms with Gasteiger partial charge in [0, 0.05) is 24.1 Å². The van der Waals surface area contributed by atoms with E-state index in [-0.39, 0.29) is 18.7 Å². The molecule has 9 nitrogen and oxygen atoms in total. The number of rotatable bonds is 4. The van der Waals surface area contributed by atoms with Crippen LogP contribution in [0.4, 0.5) is 0 Å². The molecule has 0 unspecified atom stereocenters. The first-order chi connectivity index (χ1) is 13.4. The topological polar surface area (TPSA) is 109 Å². The van der Waals surface area contributed by atoms with E-state index in [9.17, 15) is 14.4 Å². The second-order valence-corrected chi connectivity index (χ2v) is 6.43. The first-order valence-electron chi connectivity index (χ1n) is 8.48. The Balaban J connectivity index is 1.54. The summed E-state index contributed by atoms with van der Waals surface area (Å²) < 4.78 is 13.1. The van der Waals surface area contributed by atoms with Crippen LogP contribution in [0.1, 0.15) is 11.1 Å². The fourth-order valence-electron chi connectivity index (χ4n) is 2.98. The van der Waals surface area contributed by atoms with Crippen molar-refractivity contribution in [3.63, 3.8) is 0 Å². The lowest BCUT2D eigenvalue weighted by atomic mass is 10.1. The van der Waals surface area contributed by atoms with Crippen molar-refractivity contribution < 1.29 is 13.9 Å². The van der Waals surface area contributed by atoms with Crippen molar-refractivity contribution in [3.05, 3.63) is 68.7 Å². The molecule has 0 fully saturated rings. The molecule has 0 aliphatic carbocycles. The van der Waals surface area contributed by atoms with Crippen LogP contribution in [0.25, 0.3) is 22.0 Å². The van der Waals surface area contributed by atoms with Gasteiger partial charge in [-0.25, -0.2) is 9.78 Å². The molecule has 0 N–H and O–H groups in total. The van der Waals surface area contributed by atoms with E-state index in [1.54, 1.807) is 13.1 Å². The maximum Gasteiger partial charge on any atom is 0.336 e. The number of carbonyl (C=O) groups excluding carboxylic acids is 1. The van der Waals surface area contributed by atoms with Gasteiger partial charge in [-0.2, -0.15) is 5.10 Å². The first kappa shape index (κ1) is 17.7. The van der Waals surface area contributed by atoms with E-state index < -0.39 is 11.6 Å². The Morgan fingerprint density at radius 3 is 2.86 bits per heavy atom. The summed E-state index contributed by atoms with van der Waals surface area (Å²) >= 11 is 0. The maximum atomic E-state index is 12.4. The van der Waals surface area contributed by atoms with E-state index >= 15 is 0 Å². The highest BCUT2D eigenvalue weighted by molar-refractivity contribution is 5.81. The average Bonchev–Trinajstić information content (AvgIpc) is 3.03. The molecule has 0 atom stereocenters. The van der Waals surface area contributed by atoms with Crippen molar-refractivity contribution in [3.8, 4) is 0 Å². The lowest BCUT2D eigenvalue weighted by Crippen LogP contribution is -2.25. The molecule has 0 saturated carbocycles. The molecule has 142 valence electrons. The van der Waals surface area contributed by atoms with Crippen LogP contribution in [0, 0.1) is 6.92 Å². The third kappa shape index (κ3) is 3.18. The van der Waals surface area contributed by atoms with Crippen LogP contribution in [0.5, 0.6) is 0 Å². The molecule has 0 spiro atoms. The van der Waals surface area contributed by atoms with Crippen molar-refractivity contribution >= 4 is 28.0 Å². The molecule has 0 bridgehead atoms. The number of hydrogen-bond donors (Lipinski definition) is 0. The van der Waals surface area contributed by atoms with Crippen molar-refractivity contribution in [2.24, 2.45) is 7.05 Å². The molecule has 0 aliphatic rings. The van der Waals surface area contributed by atoms with Gasteiger partial charge in [-0.1, -0.05) is 12.1 Å². The third-order valence-electron chi connectivity index (χ3n) is 4.39. The molecule has 0 radical (unpaired) electrons. The van der Waals surface area contributed by atoms with E-state index in [0.29, 0.717) is 27.6 Å². The highest BCUT2D eigenvalue weighted by atomic mass is 16.5. The Labute approximate surface area is 157 Å². The van der Waals surface area contributed by atoms with Gasteiger partial charge in [-0.05, 0) is 18.6 Å². The number of esters is 1. The largest absolute Gasteiger partial charge is 0.459 e. The smallest absolute Gasteiger partial charge is 0.336 e. The number of aryl methyl sites for hydroxylation is 2. The predicted molar refractivity (Wildman–Crippen MR) is 99.8 cm³/mol. The lowest BCUT2D eigenvalue weighted by Gasteiger charge is -2.09. The number of ether oxygens (including phenoxy) is 1. The van der Waals surface area contributed by atoms with Crippen molar-refractivity contribution in [2.75, 3.05) is 0 Å². The Hall–Kier alpha value is -3.75. The molecular weight excluding hydrogens is 364 g/mol. The summed E-state index contributed by atoms with van der Waals surface area (Å²) in [5, 5.41) is 4.99. The van der Waals surface area contributed by atoms with Gasteiger partial charge in [-0.15, -0.1) is 0 Å². The summed E-state index contributed by atoms with van der Waals surface area (Å²) in [5.41, 5.74) is 1.45. The van der Waals surface area contributed by atoms with Gasteiger partial charge in [0.25, 0.3) is 5.56 Å². The molecule has 4 rings (SSSR count). The molecule has 9 heteroatoms. The minimum absolute atomic E-state index is 0.110. The van der Waals surface area contributed by atoms with Crippen LogP contribution in [0.3, 0.4) is 0 Å². The van der Waals surface area contributed by atoms with Crippen molar-refractivity contribution in [1.82, 2.24) is 19.3 Å². The highest BCUT2D eigenvalue weighted by Crippen LogP contribution is 2.19. The normalized spacial score (nSPS) is 11.2. The van der Waals surface area contributed by atoms with Gasteiger partial charge in [0.05, 0.1) is 6.20 Å². The van der Waals surface area contributed by atoms with Gasteiger partial charge in [-0.3, -0.25) is 18.8 Å². The third-order valence-corrected chi connectivity index (χ3v) is 4.39. The second kappa shape index (κ2) is 6.76. The first-order valence-corrected chi connectivity index (χ1v) is 8.48. The van der Waals surface area contributed by atoms with Gasteiger partial charge < -0.3 is 9.15 Å². The monoisotopic (exact) mass is 380 g/mol. The number of hydrogen-bond acceptors (Lipinski definition) is 7.